The van der Waals surface area contributed by atoms with Crippen molar-refractivity contribution in [1.29, 1.82) is 0 Å². The maximum absolute atomic E-state index is 4.53. The fourth-order valence-electron chi connectivity index (χ4n) is 1.99. The van der Waals surface area contributed by atoms with Crippen LogP contribution in [0.5, 0.6) is 0 Å². The molecule has 1 N–H and O–H groups in total. The number of nitrogens with zero attached hydrogens (tertiary/aromatic N) is 4. The highest BCUT2D eigenvalue weighted by Gasteiger charge is 2.08. The van der Waals surface area contributed by atoms with Crippen LogP contribution in [0, 0.1) is 6.92 Å². The first-order chi connectivity index (χ1) is 8.84. The van der Waals surface area contributed by atoms with Crippen molar-refractivity contribution in [2.75, 3.05) is 6.54 Å². The van der Waals surface area contributed by atoms with Crippen LogP contribution in [0.15, 0.2) is 30.3 Å². The summed E-state index contributed by atoms with van der Waals surface area (Å²) in [6, 6.07) is 0. The number of fused-ring (bicyclic) bond motifs is 1. The zero-order valence-electron chi connectivity index (χ0n) is 10.2. The number of rotatable bonds is 5. The first-order valence-electron chi connectivity index (χ1n) is 5.92. The van der Waals surface area contributed by atoms with Gasteiger partial charge in [-0.3, -0.25) is 4.40 Å². The molecule has 3 heterocycles. The number of imidazole rings is 2. The zero-order valence-corrected chi connectivity index (χ0v) is 11.0. The number of aromatic nitrogens is 4. The summed E-state index contributed by atoms with van der Waals surface area (Å²) in [4.78, 5) is 9.62. The molecule has 18 heavy (non-hydrogen) atoms. The lowest BCUT2D eigenvalue weighted by Gasteiger charge is -2.05. The van der Waals surface area contributed by atoms with Crippen LogP contribution >= 0.6 is 11.3 Å². The molecule has 0 unspecified atom stereocenters. The molecule has 0 saturated heterocycles. The summed E-state index contributed by atoms with van der Waals surface area (Å²) in [5.74, 6) is 0. The van der Waals surface area contributed by atoms with E-state index in [1.54, 1.807) is 17.5 Å². The fraction of sp³-hybridized carbons (Fsp3) is 0.333. The molecular formula is C12H15N5S. The van der Waals surface area contributed by atoms with E-state index >= 15 is 0 Å². The molecule has 0 bridgehead atoms. The number of nitrogens with one attached hydrogen (secondary N) is 1. The highest BCUT2D eigenvalue weighted by molar-refractivity contribution is 7.15. The molecule has 0 aromatic carbocycles. The van der Waals surface area contributed by atoms with Gasteiger partial charge >= 0.3 is 0 Å². The highest BCUT2D eigenvalue weighted by Crippen LogP contribution is 2.16. The lowest BCUT2D eigenvalue weighted by atomic mass is 10.3. The van der Waals surface area contributed by atoms with E-state index in [1.165, 1.54) is 5.69 Å². The lowest BCUT2D eigenvalue weighted by Crippen LogP contribution is -2.20. The molecule has 0 atom stereocenters. The normalized spacial score (nSPS) is 11.4. The van der Waals surface area contributed by atoms with Crippen LogP contribution in [0.2, 0.25) is 0 Å². The van der Waals surface area contributed by atoms with E-state index < -0.39 is 0 Å². The van der Waals surface area contributed by atoms with Crippen LogP contribution < -0.4 is 5.32 Å². The predicted octanol–water partition coefficient (Wildman–Crippen LogP) is 1.69. The van der Waals surface area contributed by atoms with Crippen molar-refractivity contribution < 1.29 is 0 Å². The summed E-state index contributed by atoms with van der Waals surface area (Å²) in [5, 5.41) is 5.51. The van der Waals surface area contributed by atoms with Crippen LogP contribution in [0.3, 0.4) is 0 Å². The van der Waals surface area contributed by atoms with E-state index in [1.807, 2.05) is 12.5 Å². The van der Waals surface area contributed by atoms with E-state index in [-0.39, 0.29) is 0 Å². The van der Waals surface area contributed by atoms with E-state index in [2.05, 4.69) is 42.8 Å². The molecule has 0 aliphatic rings. The van der Waals surface area contributed by atoms with Gasteiger partial charge in [-0.25, -0.2) is 9.97 Å². The number of hydrogen-bond donors (Lipinski definition) is 1. The van der Waals surface area contributed by atoms with Gasteiger partial charge in [0.1, 0.15) is 0 Å². The van der Waals surface area contributed by atoms with Gasteiger partial charge in [0.05, 0.1) is 17.7 Å². The summed E-state index contributed by atoms with van der Waals surface area (Å²) < 4.78 is 4.22. The highest BCUT2D eigenvalue weighted by atomic mass is 32.1. The Kier molecular flexibility index (Phi) is 3.12. The van der Waals surface area contributed by atoms with Gasteiger partial charge in [0.15, 0.2) is 4.96 Å². The summed E-state index contributed by atoms with van der Waals surface area (Å²) in [6.45, 7) is 4.77. The van der Waals surface area contributed by atoms with E-state index in [9.17, 15) is 0 Å². The van der Waals surface area contributed by atoms with Crippen molar-refractivity contribution in [1.82, 2.24) is 24.3 Å². The number of thiazole rings is 1. The van der Waals surface area contributed by atoms with Gasteiger partial charge < -0.3 is 9.88 Å². The second kappa shape index (κ2) is 4.91. The largest absolute Gasteiger partial charge is 0.336 e. The van der Waals surface area contributed by atoms with Crippen LogP contribution in [-0.2, 0) is 13.1 Å². The zero-order chi connectivity index (χ0) is 12.4. The topological polar surface area (TPSA) is 47.1 Å². The molecule has 0 radical (unpaired) electrons. The van der Waals surface area contributed by atoms with Crippen LogP contribution in [-0.4, -0.2) is 25.5 Å². The Hall–Kier alpha value is -1.66. The van der Waals surface area contributed by atoms with Gasteiger partial charge in [-0.2, -0.15) is 0 Å². The molecule has 0 amide bonds. The van der Waals surface area contributed by atoms with Crippen LogP contribution in [0.1, 0.15) is 11.4 Å². The Balaban J connectivity index is 1.59. The lowest BCUT2D eigenvalue weighted by molar-refractivity contribution is 0.589. The molecule has 3 rings (SSSR count). The van der Waals surface area contributed by atoms with Gasteiger partial charge in [0, 0.05) is 43.6 Å². The Bertz CT molecular complexity index is 622. The van der Waals surface area contributed by atoms with Gasteiger partial charge in [0.2, 0.25) is 0 Å². The van der Waals surface area contributed by atoms with Crippen LogP contribution in [0.25, 0.3) is 4.96 Å². The summed E-state index contributed by atoms with van der Waals surface area (Å²) in [5.41, 5.74) is 2.36. The SMILES string of the molecule is Cc1nc2sccn2c1CNCCn1ccnc1. The molecule has 6 heteroatoms. The predicted molar refractivity (Wildman–Crippen MR) is 71.7 cm³/mol. The first-order valence-corrected chi connectivity index (χ1v) is 6.80. The Morgan fingerprint density at radius 1 is 1.39 bits per heavy atom. The maximum Gasteiger partial charge on any atom is 0.194 e. The molecule has 0 aliphatic heterocycles. The third kappa shape index (κ3) is 2.16. The number of hydrogen-bond acceptors (Lipinski definition) is 4. The molecule has 0 fully saturated rings. The van der Waals surface area contributed by atoms with Crippen molar-refractivity contribution in [2.24, 2.45) is 0 Å². The van der Waals surface area contributed by atoms with Crippen molar-refractivity contribution in [3.63, 3.8) is 0 Å². The maximum atomic E-state index is 4.53. The minimum Gasteiger partial charge on any atom is -0.336 e. The first kappa shape index (κ1) is 11.4. The van der Waals surface area contributed by atoms with Gasteiger partial charge in [-0.05, 0) is 6.92 Å². The molecule has 0 saturated carbocycles. The van der Waals surface area contributed by atoms with E-state index in [0.717, 1.165) is 30.3 Å². The molecule has 3 aromatic rings. The molecule has 0 spiro atoms. The van der Waals surface area contributed by atoms with Crippen molar-refractivity contribution in [3.8, 4) is 0 Å². The van der Waals surface area contributed by atoms with Crippen molar-refractivity contribution >= 4 is 16.3 Å². The molecular weight excluding hydrogens is 246 g/mol. The summed E-state index contributed by atoms with van der Waals surface area (Å²) in [6.07, 6.45) is 7.69. The Morgan fingerprint density at radius 2 is 2.33 bits per heavy atom. The minimum absolute atomic E-state index is 0.846. The molecule has 94 valence electrons. The smallest absolute Gasteiger partial charge is 0.194 e. The quantitative estimate of drug-likeness (QED) is 0.711. The minimum atomic E-state index is 0.846. The fourth-order valence-corrected chi connectivity index (χ4v) is 2.77. The summed E-state index contributed by atoms with van der Waals surface area (Å²) >= 11 is 1.67. The van der Waals surface area contributed by atoms with E-state index in [4.69, 9.17) is 0 Å². The van der Waals surface area contributed by atoms with Crippen LogP contribution in [0.4, 0.5) is 0 Å². The average molecular weight is 261 g/mol. The standard InChI is InChI=1S/C12H15N5S/c1-10-11(17-6-7-18-12(17)15-10)8-13-2-4-16-5-3-14-9-16/h3,5-7,9,13H,2,4,8H2,1H3. The molecule has 3 aromatic heterocycles. The Labute approximate surface area is 109 Å². The number of aryl methyl sites for hydroxylation is 1. The molecule has 0 aliphatic carbocycles. The third-order valence-corrected chi connectivity index (χ3v) is 3.72. The summed E-state index contributed by atoms with van der Waals surface area (Å²) in [7, 11) is 0. The third-order valence-electron chi connectivity index (χ3n) is 2.96. The van der Waals surface area contributed by atoms with Crippen molar-refractivity contribution in [3.05, 3.63) is 41.7 Å². The van der Waals surface area contributed by atoms with Gasteiger partial charge in [0.25, 0.3) is 0 Å². The average Bonchev–Trinajstić information content (AvgIpc) is 3.03. The Morgan fingerprint density at radius 3 is 3.17 bits per heavy atom. The second-order valence-corrected chi connectivity index (χ2v) is 5.05. The van der Waals surface area contributed by atoms with Crippen molar-refractivity contribution in [2.45, 2.75) is 20.0 Å². The van der Waals surface area contributed by atoms with E-state index in [0.29, 0.717) is 0 Å². The second-order valence-electron chi connectivity index (χ2n) is 4.18. The van der Waals surface area contributed by atoms with Gasteiger partial charge in [-0.15, -0.1) is 11.3 Å². The molecule has 5 nitrogen and oxygen atoms in total. The monoisotopic (exact) mass is 261 g/mol. The van der Waals surface area contributed by atoms with Gasteiger partial charge in [-0.1, -0.05) is 0 Å².